The maximum atomic E-state index is 12.7. The number of hydrogen-bond acceptors (Lipinski definition) is 2. The van der Waals surface area contributed by atoms with Crippen molar-refractivity contribution in [2.45, 2.75) is 45.0 Å². The van der Waals surface area contributed by atoms with Gasteiger partial charge in [0.25, 0.3) is 0 Å². The van der Waals surface area contributed by atoms with Gasteiger partial charge in [0, 0.05) is 6.54 Å². The van der Waals surface area contributed by atoms with Crippen molar-refractivity contribution in [3.63, 3.8) is 0 Å². The Balaban J connectivity index is 2.41. The summed E-state index contributed by atoms with van der Waals surface area (Å²) in [6.45, 7) is 1.87. The van der Waals surface area contributed by atoms with Crippen LogP contribution in [0.4, 0.5) is 17.6 Å². The first kappa shape index (κ1) is 15.7. The molecule has 0 atom stereocenters. The lowest BCUT2D eigenvalue weighted by molar-refractivity contribution is -0.126. The fourth-order valence-corrected chi connectivity index (χ4v) is 2.40. The Bertz CT molecular complexity index is 250. The minimum Gasteiger partial charge on any atom is -0.330 e. The zero-order chi connectivity index (χ0) is 13.8. The van der Waals surface area contributed by atoms with Gasteiger partial charge in [-0.25, -0.2) is 8.78 Å². The third kappa shape index (κ3) is 4.09. The Morgan fingerprint density at radius 1 is 1.33 bits per heavy atom. The van der Waals surface area contributed by atoms with Gasteiger partial charge in [-0.05, 0) is 30.7 Å². The van der Waals surface area contributed by atoms with Crippen molar-refractivity contribution >= 4 is 0 Å². The second-order valence-electron chi connectivity index (χ2n) is 5.55. The van der Waals surface area contributed by atoms with Gasteiger partial charge in [-0.15, -0.1) is 0 Å². The third-order valence-electron chi connectivity index (χ3n) is 3.95. The first-order valence-corrected chi connectivity index (χ1v) is 6.38. The molecule has 0 amide bonds. The predicted octanol–water partition coefficient (Wildman–Crippen LogP) is 2.63. The standard InChI is InChI=1S/C12H22F4N2/c1-9-2-4-11(6-17,5-3-9)7-18-8-12(15,16)10(13)14/h9-10,18H,2-8,17H2,1H3. The van der Waals surface area contributed by atoms with Gasteiger partial charge in [0.05, 0.1) is 6.54 Å². The minimum absolute atomic E-state index is 0.204. The van der Waals surface area contributed by atoms with Crippen molar-refractivity contribution < 1.29 is 17.6 Å². The third-order valence-corrected chi connectivity index (χ3v) is 3.95. The van der Waals surface area contributed by atoms with Gasteiger partial charge in [-0.3, -0.25) is 0 Å². The molecule has 3 N–H and O–H groups in total. The van der Waals surface area contributed by atoms with Crippen LogP contribution < -0.4 is 11.1 Å². The molecule has 0 saturated heterocycles. The molecule has 0 spiro atoms. The summed E-state index contributed by atoms with van der Waals surface area (Å²) in [4.78, 5) is 0. The van der Waals surface area contributed by atoms with Crippen LogP contribution in [0.2, 0.25) is 0 Å². The molecule has 1 aliphatic rings. The molecule has 1 aliphatic carbocycles. The smallest absolute Gasteiger partial charge is 0.319 e. The van der Waals surface area contributed by atoms with Gasteiger partial charge in [0.1, 0.15) is 0 Å². The first-order chi connectivity index (χ1) is 8.31. The average Bonchev–Trinajstić information content (AvgIpc) is 2.32. The van der Waals surface area contributed by atoms with Gasteiger partial charge in [0.15, 0.2) is 0 Å². The van der Waals surface area contributed by atoms with Crippen LogP contribution in [-0.2, 0) is 0 Å². The quantitative estimate of drug-likeness (QED) is 0.728. The first-order valence-electron chi connectivity index (χ1n) is 6.38. The molecular formula is C12H22F4N2. The molecule has 6 heteroatoms. The van der Waals surface area contributed by atoms with Crippen molar-refractivity contribution in [1.29, 1.82) is 0 Å². The summed E-state index contributed by atoms with van der Waals surface area (Å²) in [5, 5.41) is 2.47. The van der Waals surface area contributed by atoms with Crippen molar-refractivity contribution in [2.24, 2.45) is 17.1 Å². The fraction of sp³-hybridized carbons (Fsp3) is 1.00. The molecule has 2 nitrogen and oxygen atoms in total. The summed E-state index contributed by atoms with van der Waals surface area (Å²) in [5.74, 6) is -3.33. The van der Waals surface area contributed by atoms with Crippen molar-refractivity contribution in [3.8, 4) is 0 Å². The second-order valence-corrected chi connectivity index (χ2v) is 5.55. The van der Waals surface area contributed by atoms with Crippen LogP contribution in [0.5, 0.6) is 0 Å². The van der Waals surface area contributed by atoms with Crippen LogP contribution in [0.1, 0.15) is 32.6 Å². The van der Waals surface area contributed by atoms with E-state index in [0.29, 0.717) is 19.0 Å². The highest BCUT2D eigenvalue weighted by Gasteiger charge is 2.41. The largest absolute Gasteiger partial charge is 0.330 e. The maximum absolute atomic E-state index is 12.7. The van der Waals surface area contributed by atoms with Gasteiger partial charge in [-0.2, -0.15) is 8.78 Å². The van der Waals surface area contributed by atoms with E-state index in [4.69, 9.17) is 5.73 Å². The molecule has 0 heterocycles. The normalized spacial score (nSPS) is 29.8. The molecule has 0 aromatic rings. The van der Waals surface area contributed by atoms with Crippen LogP contribution in [0.15, 0.2) is 0 Å². The Labute approximate surface area is 105 Å². The highest BCUT2D eigenvalue weighted by Crippen LogP contribution is 2.37. The maximum Gasteiger partial charge on any atom is 0.319 e. The van der Waals surface area contributed by atoms with E-state index in [1.807, 2.05) is 0 Å². The summed E-state index contributed by atoms with van der Waals surface area (Å²) in [6, 6.07) is 0. The van der Waals surface area contributed by atoms with Crippen LogP contribution in [0.3, 0.4) is 0 Å². The van der Waals surface area contributed by atoms with Crippen LogP contribution in [0.25, 0.3) is 0 Å². The Morgan fingerprint density at radius 2 is 1.89 bits per heavy atom. The molecule has 1 saturated carbocycles. The van der Waals surface area contributed by atoms with Gasteiger partial charge in [0.2, 0.25) is 0 Å². The number of hydrogen-bond donors (Lipinski definition) is 2. The van der Waals surface area contributed by atoms with Crippen LogP contribution >= 0.6 is 0 Å². The zero-order valence-electron chi connectivity index (χ0n) is 10.7. The number of halogens is 4. The van der Waals surface area contributed by atoms with Crippen LogP contribution in [0, 0.1) is 11.3 Å². The SMILES string of the molecule is CC1CCC(CN)(CNCC(F)(F)C(F)F)CC1. The fourth-order valence-electron chi connectivity index (χ4n) is 2.40. The summed E-state index contributed by atoms with van der Waals surface area (Å²) < 4.78 is 49.5. The van der Waals surface area contributed by atoms with E-state index in [-0.39, 0.29) is 5.41 Å². The van der Waals surface area contributed by atoms with E-state index >= 15 is 0 Å². The van der Waals surface area contributed by atoms with Crippen molar-refractivity contribution in [2.75, 3.05) is 19.6 Å². The van der Waals surface area contributed by atoms with Crippen molar-refractivity contribution in [1.82, 2.24) is 5.32 Å². The average molecular weight is 270 g/mol. The summed E-state index contributed by atoms with van der Waals surface area (Å²) in [6.07, 6.45) is 0.162. The van der Waals surface area contributed by atoms with Gasteiger partial charge in [-0.1, -0.05) is 19.8 Å². The summed E-state index contributed by atoms with van der Waals surface area (Å²) >= 11 is 0. The molecular weight excluding hydrogens is 248 g/mol. The lowest BCUT2D eigenvalue weighted by Crippen LogP contribution is -2.47. The van der Waals surface area contributed by atoms with Gasteiger partial charge < -0.3 is 11.1 Å². The van der Waals surface area contributed by atoms with E-state index in [2.05, 4.69) is 12.2 Å². The number of nitrogens with one attached hydrogen (secondary N) is 1. The molecule has 0 radical (unpaired) electrons. The number of alkyl halides is 4. The summed E-state index contributed by atoms with van der Waals surface area (Å²) in [7, 11) is 0. The Kier molecular flexibility index (Phi) is 5.40. The topological polar surface area (TPSA) is 38.0 Å². The molecule has 0 bridgehead atoms. The highest BCUT2D eigenvalue weighted by molar-refractivity contribution is 4.88. The molecule has 1 fully saturated rings. The van der Waals surface area contributed by atoms with Crippen molar-refractivity contribution in [3.05, 3.63) is 0 Å². The molecule has 0 aliphatic heterocycles. The molecule has 0 aromatic carbocycles. The highest BCUT2D eigenvalue weighted by atomic mass is 19.3. The lowest BCUT2D eigenvalue weighted by Gasteiger charge is -2.39. The van der Waals surface area contributed by atoms with Gasteiger partial charge >= 0.3 is 12.3 Å². The summed E-state index contributed by atoms with van der Waals surface area (Å²) in [5.41, 5.74) is 5.51. The Morgan fingerprint density at radius 3 is 2.33 bits per heavy atom. The molecule has 18 heavy (non-hydrogen) atoms. The van der Waals surface area contributed by atoms with Crippen LogP contribution in [-0.4, -0.2) is 32.0 Å². The zero-order valence-corrected chi connectivity index (χ0v) is 10.7. The Hall–Kier alpha value is -0.360. The predicted molar refractivity (Wildman–Crippen MR) is 62.9 cm³/mol. The monoisotopic (exact) mass is 270 g/mol. The molecule has 1 rings (SSSR count). The second kappa shape index (κ2) is 6.19. The minimum atomic E-state index is -3.96. The van der Waals surface area contributed by atoms with E-state index in [1.165, 1.54) is 0 Å². The van der Waals surface area contributed by atoms with E-state index in [9.17, 15) is 17.6 Å². The molecule has 108 valence electrons. The number of nitrogens with two attached hydrogens (primary N) is 1. The molecule has 0 unspecified atom stereocenters. The van der Waals surface area contributed by atoms with E-state index in [1.54, 1.807) is 0 Å². The van der Waals surface area contributed by atoms with E-state index in [0.717, 1.165) is 25.7 Å². The lowest BCUT2D eigenvalue weighted by atomic mass is 9.71. The molecule has 0 aromatic heterocycles. The van der Waals surface area contributed by atoms with E-state index < -0.39 is 18.9 Å². The number of rotatable bonds is 6.